The molecule has 3 nitrogen and oxygen atoms in total. The molecule has 1 aromatic carbocycles. The van der Waals surface area contributed by atoms with Gasteiger partial charge in [-0.15, -0.1) is 0 Å². The van der Waals surface area contributed by atoms with Gasteiger partial charge in [0.25, 0.3) is 0 Å². The lowest BCUT2D eigenvalue weighted by atomic mass is 10.2. The Balaban J connectivity index is 2.86. The predicted octanol–water partition coefficient (Wildman–Crippen LogP) is 0.838. The van der Waals surface area contributed by atoms with Crippen molar-refractivity contribution < 1.29 is 17.2 Å². The summed E-state index contributed by atoms with van der Waals surface area (Å²) in [7, 11) is -3.33. The zero-order valence-electron chi connectivity index (χ0n) is 7.91. The highest BCUT2D eigenvalue weighted by Crippen LogP contribution is 2.11. The highest BCUT2D eigenvalue weighted by molar-refractivity contribution is 7.90. The van der Waals surface area contributed by atoms with Crippen molar-refractivity contribution in [1.82, 2.24) is 0 Å². The van der Waals surface area contributed by atoms with E-state index >= 15 is 0 Å². The average Bonchev–Trinajstić information content (AvgIpc) is 2.10. The maximum atomic E-state index is 12.7. The minimum absolute atomic E-state index is 0.0199. The minimum Gasteiger partial charge on any atom is -0.329 e. The van der Waals surface area contributed by atoms with E-state index in [4.69, 9.17) is 5.73 Å². The lowest BCUT2D eigenvalue weighted by molar-refractivity contribution is 0.507. The maximum Gasteiger partial charge on any atom is 0.159 e. The smallest absolute Gasteiger partial charge is 0.159 e. The van der Waals surface area contributed by atoms with Crippen LogP contribution in [0.4, 0.5) is 8.78 Å². The van der Waals surface area contributed by atoms with Crippen LogP contribution in [0.5, 0.6) is 0 Å². The molecule has 0 saturated heterocycles. The number of hydrogen-bond donors (Lipinski definition) is 1. The third kappa shape index (κ3) is 3.56. The SMILES string of the molecule is NCCS(=O)(=O)Cc1ccc(F)c(F)c1. The van der Waals surface area contributed by atoms with E-state index in [-0.39, 0.29) is 23.6 Å². The van der Waals surface area contributed by atoms with Crippen LogP contribution >= 0.6 is 0 Å². The van der Waals surface area contributed by atoms with Crippen LogP contribution in [0.15, 0.2) is 18.2 Å². The quantitative estimate of drug-likeness (QED) is 0.841. The Morgan fingerprint density at radius 1 is 1.20 bits per heavy atom. The fraction of sp³-hybridized carbons (Fsp3) is 0.333. The van der Waals surface area contributed by atoms with Gasteiger partial charge in [-0.3, -0.25) is 0 Å². The van der Waals surface area contributed by atoms with Crippen molar-refractivity contribution in [3.63, 3.8) is 0 Å². The van der Waals surface area contributed by atoms with Gasteiger partial charge in [0, 0.05) is 6.54 Å². The summed E-state index contributed by atoms with van der Waals surface area (Å²) in [6.45, 7) is 0.0199. The third-order valence-corrected chi connectivity index (χ3v) is 3.43. The van der Waals surface area contributed by atoms with E-state index in [0.29, 0.717) is 0 Å². The molecule has 84 valence electrons. The van der Waals surface area contributed by atoms with Gasteiger partial charge < -0.3 is 5.73 Å². The summed E-state index contributed by atoms with van der Waals surface area (Å²) in [5, 5.41) is 0. The Labute approximate surface area is 86.8 Å². The highest BCUT2D eigenvalue weighted by atomic mass is 32.2. The first-order valence-electron chi connectivity index (χ1n) is 4.29. The van der Waals surface area contributed by atoms with Crippen LogP contribution in [0, 0.1) is 11.6 Å². The Morgan fingerprint density at radius 2 is 1.87 bits per heavy atom. The van der Waals surface area contributed by atoms with Gasteiger partial charge in [0.15, 0.2) is 21.5 Å². The van der Waals surface area contributed by atoms with Crippen LogP contribution < -0.4 is 5.73 Å². The second-order valence-corrected chi connectivity index (χ2v) is 5.31. The van der Waals surface area contributed by atoms with Gasteiger partial charge in [0.1, 0.15) is 0 Å². The molecule has 6 heteroatoms. The molecule has 0 saturated carbocycles. The summed E-state index contributed by atoms with van der Waals surface area (Å²) in [6, 6.07) is 3.03. The summed E-state index contributed by atoms with van der Waals surface area (Å²) < 4.78 is 47.9. The van der Waals surface area contributed by atoms with Crippen molar-refractivity contribution in [2.24, 2.45) is 5.73 Å². The van der Waals surface area contributed by atoms with E-state index in [9.17, 15) is 17.2 Å². The molecule has 0 unspecified atom stereocenters. The number of benzene rings is 1. The van der Waals surface area contributed by atoms with Crippen molar-refractivity contribution in [2.45, 2.75) is 5.75 Å². The maximum absolute atomic E-state index is 12.7. The molecule has 0 aromatic heterocycles. The fourth-order valence-corrected chi connectivity index (χ4v) is 2.33. The summed E-state index contributed by atoms with van der Waals surface area (Å²) in [6.07, 6.45) is 0. The molecule has 0 amide bonds. The molecule has 0 heterocycles. The molecular weight excluding hydrogens is 224 g/mol. The first-order chi connectivity index (χ1) is 6.94. The van der Waals surface area contributed by atoms with Crippen LogP contribution in [-0.4, -0.2) is 20.7 Å². The summed E-state index contributed by atoms with van der Waals surface area (Å²) >= 11 is 0. The van der Waals surface area contributed by atoms with Crippen molar-refractivity contribution in [3.8, 4) is 0 Å². The van der Waals surface area contributed by atoms with Crippen LogP contribution in [0.1, 0.15) is 5.56 Å². The molecule has 2 N–H and O–H groups in total. The third-order valence-electron chi connectivity index (χ3n) is 1.80. The Kier molecular flexibility index (Phi) is 3.76. The van der Waals surface area contributed by atoms with Crippen LogP contribution in [0.3, 0.4) is 0 Å². The molecule has 0 bridgehead atoms. The number of hydrogen-bond acceptors (Lipinski definition) is 3. The first-order valence-corrected chi connectivity index (χ1v) is 6.11. The summed E-state index contributed by atoms with van der Waals surface area (Å²) in [5.74, 6) is -2.52. The van der Waals surface area contributed by atoms with E-state index in [2.05, 4.69) is 0 Å². The Morgan fingerprint density at radius 3 is 2.40 bits per heavy atom. The largest absolute Gasteiger partial charge is 0.329 e. The Hall–Kier alpha value is -1.01. The molecule has 0 atom stereocenters. The molecule has 15 heavy (non-hydrogen) atoms. The highest BCUT2D eigenvalue weighted by Gasteiger charge is 2.12. The molecule has 0 spiro atoms. The Bertz CT molecular complexity index is 445. The fourth-order valence-electron chi connectivity index (χ4n) is 1.14. The normalized spacial score (nSPS) is 11.7. The van der Waals surface area contributed by atoms with Gasteiger partial charge in [-0.2, -0.15) is 0 Å². The van der Waals surface area contributed by atoms with Gasteiger partial charge in [-0.1, -0.05) is 6.07 Å². The van der Waals surface area contributed by atoms with Crippen molar-refractivity contribution in [1.29, 1.82) is 0 Å². The van der Waals surface area contributed by atoms with Gasteiger partial charge in [-0.25, -0.2) is 17.2 Å². The van der Waals surface area contributed by atoms with E-state index < -0.39 is 21.5 Å². The van der Waals surface area contributed by atoms with E-state index in [1.54, 1.807) is 0 Å². The first kappa shape index (κ1) is 12.1. The number of nitrogens with two attached hydrogens (primary N) is 1. The lowest BCUT2D eigenvalue weighted by Gasteiger charge is -2.03. The van der Waals surface area contributed by atoms with Crippen molar-refractivity contribution >= 4 is 9.84 Å². The van der Waals surface area contributed by atoms with Crippen LogP contribution in [0.2, 0.25) is 0 Å². The van der Waals surface area contributed by atoms with Gasteiger partial charge in [-0.05, 0) is 17.7 Å². The zero-order valence-corrected chi connectivity index (χ0v) is 8.73. The second-order valence-electron chi connectivity index (χ2n) is 3.13. The predicted molar refractivity (Wildman–Crippen MR) is 52.9 cm³/mol. The van der Waals surface area contributed by atoms with E-state index in [1.165, 1.54) is 6.07 Å². The minimum atomic E-state index is -3.33. The second kappa shape index (κ2) is 4.67. The molecule has 0 aliphatic heterocycles. The molecular formula is C9H11F2NO2S. The molecule has 0 radical (unpaired) electrons. The molecule has 0 aliphatic rings. The van der Waals surface area contributed by atoms with Crippen LogP contribution in [-0.2, 0) is 15.6 Å². The van der Waals surface area contributed by atoms with Gasteiger partial charge in [0.2, 0.25) is 0 Å². The molecule has 0 aliphatic carbocycles. The molecule has 1 aromatic rings. The molecule has 1 rings (SSSR count). The average molecular weight is 235 g/mol. The molecule has 0 fully saturated rings. The van der Waals surface area contributed by atoms with Crippen LogP contribution in [0.25, 0.3) is 0 Å². The zero-order chi connectivity index (χ0) is 11.5. The summed E-state index contributed by atoms with van der Waals surface area (Å²) in [4.78, 5) is 0. The topological polar surface area (TPSA) is 60.2 Å². The summed E-state index contributed by atoms with van der Waals surface area (Å²) in [5.41, 5.74) is 5.33. The van der Waals surface area contributed by atoms with Gasteiger partial charge >= 0.3 is 0 Å². The van der Waals surface area contributed by atoms with E-state index in [0.717, 1.165) is 12.1 Å². The monoisotopic (exact) mass is 235 g/mol. The number of halogens is 2. The van der Waals surface area contributed by atoms with E-state index in [1.807, 2.05) is 0 Å². The lowest BCUT2D eigenvalue weighted by Crippen LogP contribution is -2.17. The number of rotatable bonds is 4. The van der Waals surface area contributed by atoms with Crippen molar-refractivity contribution in [2.75, 3.05) is 12.3 Å². The standard InChI is InChI=1S/C9H11F2NO2S/c10-8-2-1-7(5-9(8)11)6-15(13,14)4-3-12/h1-2,5H,3-4,6,12H2. The van der Waals surface area contributed by atoms with Crippen molar-refractivity contribution in [3.05, 3.63) is 35.4 Å². The number of sulfone groups is 1. The van der Waals surface area contributed by atoms with Gasteiger partial charge in [0.05, 0.1) is 11.5 Å².